The van der Waals surface area contributed by atoms with Gasteiger partial charge in [-0.15, -0.1) is 0 Å². The molecule has 0 aliphatic rings. The smallest absolute Gasteiger partial charge is 0.308 e. The first kappa shape index (κ1) is 12.8. The molecule has 4 heteroatoms. The molecule has 0 aliphatic carbocycles. The summed E-state index contributed by atoms with van der Waals surface area (Å²) in [5, 5.41) is 9.65. The predicted molar refractivity (Wildman–Crippen MR) is 66.1 cm³/mol. The maximum atomic E-state index is 10.9. The van der Waals surface area contributed by atoms with Crippen LogP contribution in [0.3, 0.4) is 0 Å². The van der Waals surface area contributed by atoms with E-state index in [-0.39, 0.29) is 5.92 Å². The van der Waals surface area contributed by atoms with Crippen molar-refractivity contribution in [1.29, 1.82) is 0 Å². The van der Waals surface area contributed by atoms with E-state index in [1.54, 1.807) is 12.1 Å². The molecule has 1 aromatic carbocycles. The second-order valence-corrected chi connectivity index (χ2v) is 4.24. The van der Waals surface area contributed by atoms with Crippen LogP contribution in [0.1, 0.15) is 13.3 Å². The van der Waals surface area contributed by atoms with E-state index in [0.717, 1.165) is 5.69 Å². The van der Waals surface area contributed by atoms with Crippen LogP contribution in [0.25, 0.3) is 0 Å². The molecule has 1 aromatic rings. The van der Waals surface area contributed by atoms with Gasteiger partial charge in [-0.2, -0.15) is 0 Å². The zero-order chi connectivity index (χ0) is 12.1. The Labute approximate surface area is 101 Å². The molecule has 0 aliphatic heterocycles. The van der Waals surface area contributed by atoms with E-state index < -0.39 is 5.97 Å². The summed E-state index contributed by atoms with van der Waals surface area (Å²) in [6, 6.07) is 7.37. The molecule has 1 rings (SSSR count). The summed E-state index contributed by atoms with van der Waals surface area (Å²) in [5.74, 6) is -1.08. The van der Waals surface area contributed by atoms with Crippen molar-refractivity contribution in [1.82, 2.24) is 0 Å². The van der Waals surface area contributed by atoms with Crippen LogP contribution in [0, 0.1) is 5.92 Å². The van der Waals surface area contributed by atoms with Crippen LogP contribution >= 0.6 is 11.6 Å². The highest BCUT2D eigenvalue weighted by atomic mass is 35.5. The molecule has 88 valence electrons. The van der Waals surface area contributed by atoms with E-state index in [4.69, 9.17) is 16.7 Å². The van der Waals surface area contributed by atoms with Crippen LogP contribution < -0.4 is 4.90 Å². The van der Waals surface area contributed by atoms with Crippen molar-refractivity contribution in [3.8, 4) is 0 Å². The molecule has 3 nitrogen and oxygen atoms in total. The van der Waals surface area contributed by atoms with Gasteiger partial charge < -0.3 is 10.0 Å². The van der Waals surface area contributed by atoms with Crippen molar-refractivity contribution in [2.24, 2.45) is 5.92 Å². The molecule has 0 saturated heterocycles. The summed E-state index contributed by atoms with van der Waals surface area (Å²) in [4.78, 5) is 12.8. The molecule has 0 amide bonds. The Hall–Kier alpha value is -1.22. The maximum Gasteiger partial charge on any atom is 0.308 e. The highest BCUT2D eigenvalue weighted by Gasteiger charge is 2.17. The van der Waals surface area contributed by atoms with E-state index in [1.165, 1.54) is 0 Å². The Bertz CT molecular complexity index is 351. The number of carbonyl (C=O) groups is 1. The van der Waals surface area contributed by atoms with Crippen molar-refractivity contribution in [3.05, 3.63) is 29.3 Å². The lowest BCUT2D eigenvalue weighted by atomic mass is 10.1. The Morgan fingerprint density at radius 1 is 1.44 bits per heavy atom. The Kier molecular flexibility index (Phi) is 4.62. The average molecular weight is 242 g/mol. The fourth-order valence-electron chi connectivity index (χ4n) is 1.51. The van der Waals surface area contributed by atoms with Crippen molar-refractivity contribution in [2.45, 2.75) is 13.3 Å². The third-order valence-electron chi connectivity index (χ3n) is 2.60. The first-order valence-electron chi connectivity index (χ1n) is 5.24. The second-order valence-electron chi connectivity index (χ2n) is 3.80. The molecule has 16 heavy (non-hydrogen) atoms. The molecule has 0 radical (unpaired) electrons. The lowest BCUT2D eigenvalue weighted by Crippen LogP contribution is -2.29. The van der Waals surface area contributed by atoms with Crippen molar-refractivity contribution in [2.75, 3.05) is 18.5 Å². The monoisotopic (exact) mass is 241 g/mol. The molecule has 0 heterocycles. The molecule has 1 unspecified atom stereocenters. The van der Waals surface area contributed by atoms with Gasteiger partial charge >= 0.3 is 5.97 Å². The molecule has 0 spiro atoms. The van der Waals surface area contributed by atoms with Crippen LogP contribution in [0.5, 0.6) is 0 Å². The van der Waals surface area contributed by atoms with Gasteiger partial charge in [0.1, 0.15) is 0 Å². The van der Waals surface area contributed by atoms with Crippen LogP contribution in [-0.2, 0) is 4.79 Å². The summed E-state index contributed by atoms with van der Waals surface area (Å²) in [5.41, 5.74) is 0.976. The zero-order valence-corrected chi connectivity index (χ0v) is 10.2. The summed E-state index contributed by atoms with van der Waals surface area (Å²) < 4.78 is 0. The number of carboxylic acids is 1. The van der Waals surface area contributed by atoms with Crippen molar-refractivity contribution < 1.29 is 9.90 Å². The fourth-order valence-corrected chi connectivity index (χ4v) is 1.64. The highest BCUT2D eigenvalue weighted by Crippen LogP contribution is 2.18. The van der Waals surface area contributed by atoms with Gasteiger partial charge in [0.05, 0.1) is 5.92 Å². The number of aliphatic carboxylic acids is 1. The molecule has 0 fully saturated rings. The number of carboxylic acid groups (broad SMARTS) is 1. The van der Waals surface area contributed by atoms with E-state index in [9.17, 15) is 4.79 Å². The van der Waals surface area contributed by atoms with E-state index in [2.05, 4.69) is 0 Å². The summed E-state index contributed by atoms with van der Waals surface area (Å²) in [6.45, 7) is 2.39. The van der Waals surface area contributed by atoms with Gasteiger partial charge in [0.15, 0.2) is 0 Å². The number of hydrogen-bond acceptors (Lipinski definition) is 2. The van der Waals surface area contributed by atoms with Crippen molar-refractivity contribution >= 4 is 23.3 Å². The number of halogens is 1. The molecular weight excluding hydrogens is 226 g/mol. The van der Waals surface area contributed by atoms with Crippen molar-refractivity contribution in [3.63, 3.8) is 0 Å². The standard InChI is InChI=1S/C12H16ClNO2/c1-3-9(12(15)16)8-14(2)11-6-4-10(13)5-7-11/h4-7,9H,3,8H2,1-2H3,(H,15,16). The second kappa shape index (κ2) is 5.75. The first-order valence-corrected chi connectivity index (χ1v) is 5.62. The fraction of sp³-hybridized carbons (Fsp3) is 0.417. The molecule has 0 saturated carbocycles. The van der Waals surface area contributed by atoms with Crippen LogP contribution in [-0.4, -0.2) is 24.7 Å². The van der Waals surface area contributed by atoms with Gasteiger partial charge in [-0.25, -0.2) is 0 Å². The normalized spacial score (nSPS) is 12.2. The molecule has 1 N–H and O–H groups in total. The van der Waals surface area contributed by atoms with Gasteiger partial charge in [0.25, 0.3) is 0 Å². The minimum absolute atomic E-state index is 0.333. The van der Waals surface area contributed by atoms with Crippen LogP contribution in [0.15, 0.2) is 24.3 Å². The topological polar surface area (TPSA) is 40.5 Å². The maximum absolute atomic E-state index is 10.9. The Morgan fingerprint density at radius 2 is 2.00 bits per heavy atom. The number of hydrogen-bond donors (Lipinski definition) is 1. The van der Waals surface area contributed by atoms with Gasteiger partial charge in [-0.05, 0) is 30.7 Å². The molecular formula is C12H16ClNO2. The highest BCUT2D eigenvalue weighted by molar-refractivity contribution is 6.30. The summed E-state index contributed by atoms with van der Waals surface area (Å²) >= 11 is 5.79. The Morgan fingerprint density at radius 3 is 2.44 bits per heavy atom. The van der Waals surface area contributed by atoms with E-state index in [0.29, 0.717) is 18.0 Å². The van der Waals surface area contributed by atoms with Crippen LogP contribution in [0.2, 0.25) is 5.02 Å². The quantitative estimate of drug-likeness (QED) is 0.862. The van der Waals surface area contributed by atoms with E-state index >= 15 is 0 Å². The lowest BCUT2D eigenvalue weighted by molar-refractivity contribution is -0.141. The SMILES string of the molecule is CCC(CN(C)c1ccc(Cl)cc1)C(=O)O. The third-order valence-corrected chi connectivity index (χ3v) is 2.86. The third kappa shape index (κ3) is 3.42. The van der Waals surface area contributed by atoms with Gasteiger partial charge in [0, 0.05) is 24.3 Å². The minimum atomic E-state index is -0.747. The molecule has 0 aromatic heterocycles. The summed E-state index contributed by atoms with van der Waals surface area (Å²) in [7, 11) is 1.88. The first-order chi connectivity index (χ1) is 7.54. The van der Waals surface area contributed by atoms with Crippen LogP contribution in [0.4, 0.5) is 5.69 Å². The number of benzene rings is 1. The summed E-state index contributed by atoms with van der Waals surface area (Å²) in [6.07, 6.45) is 0.632. The largest absolute Gasteiger partial charge is 0.481 e. The van der Waals surface area contributed by atoms with Gasteiger partial charge in [0.2, 0.25) is 0 Å². The number of rotatable bonds is 5. The van der Waals surface area contributed by atoms with Gasteiger partial charge in [-0.3, -0.25) is 4.79 Å². The number of anilines is 1. The predicted octanol–water partition coefficient (Wildman–Crippen LogP) is 2.89. The van der Waals surface area contributed by atoms with Gasteiger partial charge in [-0.1, -0.05) is 18.5 Å². The lowest BCUT2D eigenvalue weighted by Gasteiger charge is -2.22. The minimum Gasteiger partial charge on any atom is -0.481 e. The number of nitrogens with zero attached hydrogens (tertiary/aromatic N) is 1. The zero-order valence-electron chi connectivity index (χ0n) is 9.48. The van der Waals surface area contributed by atoms with E-state index in [1.807, 2.05) is 31.0 Å². The molecule has 1 atom stereocenters. The molecule has 0 bridgehead atoms. The Balaban J connectivity index is 2.67. The average Bonchev–Trinajstić information content (AvgIpc) is 2.26.